The first kappa shape index (κ1) is 22.2. The Morgan fingerprint density at radius 1 is 1.11 bits per heavy atom. The molecule has 0 saturated heterocycles. The monoisotopic (exact) mass is 507 g/mol. The molecule has 0 aliphatic rings. The summed E-state index contributed by atoms with van der Waals surface area (Å²) < 4.78 is -0.962. The average Bonchev–Trinajstić information content (AvgIpc) is 2.61. The molecule has 0 bridgehead atoms. The van der Waals surface area contributed by atoms with Crippen LogP contribution in [0.15, 0.2) is 53.0 Å². The number of hydrogen-bond donors (Lipinski definition) is 3. The summed E-state index contributed by atoms with van der Waals surface area (Å²) in [5, 5.41) is 8.80. The number of thiocarbonyl (C=S) groups is 1. The second kappa shape index (κ2) is 9.94. The van der Waals surface area contributed by atoms with E-state index >= 15 is 0 Å². The molecule has 9 heteroatoms. The fourth-order valence-electron chi connectivity index (χ4n) is 2.26. The van der Waals surface area contributed by atoms with Gasteiger partial charge in [-0.05, 0) is 54.5 Å². The molecule has 0 fully saturated rings. The van der Waals surface area contributed by atoms with Gasteiger partial charge in [0.25, 0.3) is 5.91 Å². The van der Waals surface area contributed by atoms with Crippen molar-refractivity contribution >= 4 is 79.7 Å². The fraction of sp³-hybridized carbons (Fsp3) is 0.222. The van der Waals surface area contributed by atoms with Gasteiger partial charge in [-0.1, -0.05) is 75.9 Å². The highest BCUT2D eigenvalue weighted by Gasteiger charge is 2.35. The van der Waals surface area contributed by atoms with Crippen molar-refractivity contribution in [1.29, 1.82) is 0 Å². The quantitative estimate of drug-likeness (QED) is 0.286. The van der Waals surface area contributed by atoms with Crippen LogP contribution in [0.5, 0.6) is 0 Å². The summed E-state index contributed by atoms with van der Waals surface area (Å²) in [6.07, 6.45) is -0.201. The van der Waals surface area contributed by atoms with Crippen molar-refractivity contribution in [2.75, 3.05) is 5.32 Å². The maximum atomic E-state index is 12.4. The van der Waals surface area contributed by atoms with E-state index in [2.05, 4.69) is 31.9 Å². The van der Waals surface area contributed by atoms with Crippen LogP contribution in [-0.2, 0) is 6.42 Å². The lowest BCUT2D eigenvalue weighted by molar-refractivity contribution is 0.0934. The Hall–Kier alpha value is -1.05. The lowest BCUT2D eigenvalue weighted by Crippen LogP contribution is -2.56. The Labute approximate surface area is 187 Å². The predicted molar refractivity (Wildman–Crippen MR) is 121 cm³/mol. The average molecular weight is 510 g/mol. The van der Waals surface area contributed by atoms with Gasteiger partial charge in [0, 0.05) is 15.7 Å². The highest BCUT2D eigenvalue weighted by atomic mass is 79.9. The first-order valence-corrected chi connectivity index (χ1v) is 10.3. The van der Waals surface area contributed by atoms with Gasteiger partial charge >= 0.3 is 0 Å². The number of para-hydroxylation sites is 1. The first-order valence-electron chi connectivity index (χ1n) is 7.99. The molecule has 144 valence electrons. The molecule has 0 radical (unpaired) electrons. The highest BCUT2D eigenvalue weighted by molar-refractivity contribution is 9.10. The van der Waals surface area contributed by atoms with Crippen molar-refractivity contribution in [3.05, 3.63) is 64.1 Å². The SMILES string of the molecule is CCc1ccccc1NC(=S)NC(NC(=O)c1ccc(Br)cc1)C(Cl)(Cl)Cl. The zero-order valence-corrected chi connectivity index (χ0v) is 18.9. The summed E-state index contributed by atoms with van der Waals surface area (Å²) in [4.78, 5) is 12.4. The van der Waals surface area contributed by atoms with E-state index < -0.39 is 15.9 Å². The Kier molecular flexibility index (Phi) is 8.19. The Morgan fingerprint density at radius 2 is 1.74 bits per heavy atom. The Balaban J connectivity index is 2.09. The molecule has 0 aromatic heterocycles. The number of halogens is 4. The summed E-state index contributed by atoms with van der Waals surface area (Å²) >= 11 is 26.7. The van der Waals surface area contributed by atoms with E-state index in [1.54, 1.807) is 24.3 Å². The lowest BCUT2D eigenvalue weighted by Gasteiger charge is -2.28. The third-order valence-electron chi connectivity index (χ3n) is 3.63. The number of hydrogen-bond acceptors (Lipinski definition) is 2. The minimum atomic E-state index is -1.82. The number of anilines is 1. The standard InChI is InChI=1S/C18H17BrCl3N3OS/c1-2-11-5-3-4-6-14(11)23-17(27)25-16(18(20,21)22)24-15(26)12-7-9-13(19)10-8-12/h3-10,16H,2H2,1H3,(H,24,26)(H2,23,25,27). The van der Waals surface area contributed by atoms with Gasteiger partial charge in [-0.2, -0.15) is 0 Å². The molecule has 0 aliphatic carbocycles. The molecule has 2 aromatic carbocycles. The fourth-order valence-corrected chi connectivity index (χ4v) is 3.07. The van der Waals surface area contributed by atoms with Gasteiger partial charge in [-0.3, -0.25) is 4.79 Å². The van der Waals surface area contributed by atoms with Crippen LogP contribution in [0.25, 0.3) is 0 Å². The van der Waals surface area contributed by atoms with Gasteiger partial charge in [0.05, 0.1) is 0 Å². The normalized spacial score (nSPS) is 12.2. The number of rotatable bonds is 5. The minimum Gasteiger partial charge on any atom is -0.339 e. The number of amides is 1. The first-order chi connectivity index (χ1) is 12.7. The van der Waals surface area contributed by atoms with E-state index in [0.717, 1.165) is 22.1 Å². The van der Waals surface area contributed by atoms with Crippen LogP contribution in [0.4, 0.5) is 5.69 Å². The minimum absolute atomic E-state index is 0.225. The van der Waals surface area contributed by atoms with Crippen LogP contribution in [-0.4, -0.2) is 21.0 Å². The number of alkyl halides is 3. The zero-order valence-electron chi connectivity index (χ0n) is 14.2. The maximum Gasteiger partial charge on any atom is 0.252 e. The van der Waals surface area contributed by atoms with Gasteiger partial charge in [-0.25, -0.2) is 0 Å². The Morgan fingerprint density at radius 3 is 2.33 bits per heavy atom. The molecule has 0 aliphatic heterocycles. The number of carbonyl (C=O) groups is 1. The number of aryl methyl sites for hydroxylation is 1. The van der Waals surface area contributed by atoms with E-state index in [1.165, 1.54) is 0 Å². The summed E-state index contributed by atoms with van der Waals surface area (Å²) in [5.74, 6) is -0.400. The second-order valence-corrected chi connectivity index (χ2v) is 9.26. The molecular formula is C18H17BrCl3N3OS. The van der Waals surface area contributed by atoms with Gasteiger partial charge < -0.3 is 16.0 Å². The molecule has 4 nitrogen and oxygen atoms in total. The van der Waals surface area contributed by atoms with E-state index in [-0.39, 0.29) is 5.11 Å². The van der Waals surface area contributed by atoms with Crippen molar-refractivity contribution in [2.24, 2.45) is 0 Å². The smallest absolute Gasteiger partial charge is 0.252 e. The molecule has 1 unspecified atom stereocenters. The summed E-state index contributed by atoms with van der Waals surface area (Å²) in [5.41, 5.74) is 2.36. The molecule has 2 rings (SSSR count). The van der Waals surface area contributed by atoms with Gasteiger partial charge in [0.1, 0.15) is 6.17 Å². The van der Waals surface area contributed by atoms with Crippen LogP contribution >= 0.6 is 63.0 Å². The van der Waals surface area contributed by atoms with Gasteiger partial charge in [-0.15, -0.1) is 0 Å². The van der Waals surface area contributed by atoms with E-state index in [9.17, 15) is 4.79 Å². The van der Waals surface area contributed by atoms with Crippen LogP contribution in [0.3, 0.4) is 0 Å². The van der Waals surface area contributed by atoms with Crippen LogP contribution in [0.1, 0.15) is 22.8 Å². The summed E-state index contributed by atoms with van der Waals surface area (Å²) in [6.45, 7) is 2.04. The largest absolute Gasteiger partial charge is 0.339 e. The van der Waals surface area contributed by atoms with Crippen LogP contribution < -0.4 is 16.0 Å². The molecule has 1 atom stereocenters. The molecule has 0 heterocycles. The van der Waals surface area contributed by atoms with Gasteiger partial charge in [0.15, 0.2) is 5.11 Å². The molecular weight excluding hydrogens is 493 g/mol. The molecule has 2 aromatic rings. The molecule has 3 N–H and O–H groups in total. The third kappa shape index (κ3) is 6.80. The molecule has 1 amide bonds. The predicted octanol–water partition coefficient (Wildman–Crippen LogP) is 5.42. The molecule has 0 saturated carbocycles. The van der Waals surface area contributed by atoms with E-state index in [1.807, 2.05) is 31.2 Å². The number of nitrogens with one attached hydrogen (secondary N) is 3. The van der Waals surface area contributed by atoms with Crippen LogP contribution in [0, 0.1) is 0 Å². The Bertz CT molecular complexity index is 812. The highest BCUT2D eigenvalue weighted by Crippen LogP contribution is 2.29. The summed E-state index contributed by atoms with van der Waals surface area (Å²) in [7, 11) is 0. The van der Waals surface area contributed by atoms with Crippen molar-refractivity contribution in [1.82, 2.24) is 10.6 Å². The zero-order chi connectivity index (χ0) is 20.0. The number of benzene rings is 2. The van der Waals surface area contributed by atoms with Gasteiger partial charge in [0.2, 0.25) is 3.79 Å². The topological polar surface area (TPSA) is 53.2 Å². The maximum absolute atomic E-state index is 12.4. The van der Waals surface area contributed by atoms with E-state index in [4.69, 9.17) is 47.0 Å². The van der Waals surface area contributed by atoms with E-state index in [0.29, 0.717) is 5.56 Å². The van der Waals surface area contributed by atoms with Crippen LogP contribution in [0.2, 0.25) is 0 Å². The summed E-state index contributed by atoms with van der Waals surface area (Å²) in [6, 6.07) is 14.5. The third-order valence-corrected chi connectivity index (χ3v) is 5.03. The van der Waals surface area contributed by atoms with Crippen molar-refractivity contribution in [3.63, 3.8) is 0 Å². The molecule has 0 spiro atoms. The second-order valence-electron chi connectivity index (χ2n) is 5.56. The van der Waals surface area contributed by atoms with Crippen molar-refractivity contribution in [3.8, 4) is 0 Å². The molecule has 27 heavy (non-hydrogen) atoms. The number of carbonyl (C=O) groups excluding carboxylic acids is 1. The lowest BCUT2D eigenvalue weighted by atomic mass is 10.1. The van der Waals surface area contributed by atoms with Crippen molar-refractivity contribution < 1.29 is 4.79 Å². The van der Waals surface area contributed by atoms with Crippen molar-refractivity contribution in [2.45, 2.75) is 23.3 Å².